The Morgan fingerprint density at radius 3 is 2.15 bits per heavy atom. The zero-order valence-electron chi connectivity index (χ0n) is 18.2. The minimum atomic E-state index is 0.679. The minimum absolute atomic E-state index is 0.679. The molecule has 34 heavy (non-hydrogen) atoms. The third kappa shape index (κ3) is 2.83. The van der Waals surface area contributed by atoms with Crippen molar-refractivity contribution in [3.05, 3.63) is 115 Å². The molecule has 0 spiro atoms. The number of benzene rings is 5. The van der Waals surface area contributed by atoms with Crippen molar-refractivity contribution in [2.24, 2.45) is 0 Å². The first-order valence-electron chi connectivity index (χ1n) is 11.3. The Kier molecular flexibility index (Phi) is 4.17. The molecule has 2 heterocycles. The molecule has 1 aromatic heterocycles. The fraction of sp³-hybridized carbons (Fsp3) is 0. The van der Waals surface area contributed by atoms with E-state index in [0.29, 0.717) is 5.56 Å². The number of para-hydroxylation sites is 2. The van der Waals surface area contributed by atoms with E-state index >= 15 is 0 Å². The number of nitrogens with zero attached hydrogens (tertiary/aromatic N) is 2. The van der Waals surface area contributed by atoms with Crippen molar-refractivity contribution in [1.82, 2.24) is 4.57 Å². The third-order valence-corrected chi connectivity index (χ3v) is 7.73. The van der Waals surface area contributed by atoms with Crippen LogP contribution in [0.1, 0.15) is 5.56 Å². The number of fused-ring (bicyclic) bond motifs is 5. The van der Waals surface area contributed by atoms with E-state index in [1.165, 1.54) is 48.4 Å². The predicted molar refractivity (Wildman–Crippen MR) is 140 cm³/mol. The van der Waals surface area contributed by atoms with Crippen LogP contribution < -0.4 is 0 Å². The van der Waals surface area contributed by atoms with Crippen molar-refractivity contribution in [2.45, 2.75) is 9.79 Å². The van der Waals surface area contributed by atoms with Gasteiger partial charge in [0, 0.05) is 20.6 Å². The van der Waals surface area contributed by atoms with Crippen LogP contribution in [0.25, 0.3) is 49.7 Å². The molecule has 0 saturated heterocycles. The molecule has 0 atom stereocenters. The van der Waals surface area contributed by atoms with Crippen molar-refractivity contribution in [3.8, 4) is 34.0 Å². The Balaban J connectivity index is 1.42. The lowest BCUT2D eigenvalue weighted by molar-refractivity contribution is 1.09. The van der Waals surface area contributed by atoms with E-state index in [2.05, 4.69) is 95.6 Å². The molecule has 6 aromatic rings. The van der Waals surface area contributed by atoms with Crippen molar-refractivity contribution in [2.75, 3.05) is 0 Å². The maximum absolute atomic E-state index is 9.10. The molecule has 3 heteroatoms. The first-order valence-corrected chi connectivity index (χ1v) is 12.1. The fourth-order valence-corrected chi connectivity index (χ4v) is 6.10. The Morgan fingerprint density at radius 2 is 1.29 bits per heavy atom. The van der Waals surface area contributed by atoms with Crippen LogP contribution in [-0.4, -0.2) is 4.57 Å². The molecule has 0 fully saturated rings. The van der Waals surface area contributed by atoms with Crippen molar-refractivity contribution >= 4 is 33.6 Å². The zero-order chi connectivity index (χ0) is 22.6. The van der Waals surface area contributed by atoms with Gasteiger partial charge in [-0.15, -0.1) is 0 Å². The molecule has 0 saturated carbocycles. The van der Waals surface area contributed by atoms with Gasteiger partial charge >= 0.3 is 0 Å². The standard InChI is InChI=1S/C31H18N2S/c32-19-20-11-13-21(14-12-20)22-5-3-6-23(17-22)24-15-16-27-26(18-24)25-7-4-10-30-31(25)33(27)28-8-1-2-9-29(28)34-30/h1-18H. The Morgan fingerprint density at radius 1 is 0.588 bits per heavy atom. The van der Waals surface area contributed by atoms with Gasteiger partial charge in [0.1, 0.15) is 0 Å². The summed E-state index contributed by atoms with van der Waals surface area (Å²) < 4.78 is 2.42. The molecule has 0 aliphatic carbocycles. The van der Waals surface area contributed by atoms with Gasteiger partial charge in [0.2, 0.25) is 0 Å². The quantitative estimate of drug-likeness (QED) is 0.264. The monoisotopic (exact) mass is 450 g/mol. The molecule has 1 aliphatic heterocycles. The highest BCUT2D eigenvalue weighted by Gasteiger charge is 2.22. The summed E-state index contributed by atoms with van der Waals surface area (Å²) in [5.41, 5.74) is 9.11. The van der Waals surface area contributed by atoms with Gasteiger partial charge in [-0.3, -0.25) is 0 Å². The van der Waals surface area contributed by atoms with Crippen molar-refractivity contribution in [1.29, 1.82) is 5.26 Å². The Bertz CT molecular complexity index is 1790. The molecule has 0 N–H and O–H groups in total. The van der Waals surface area contributed by atoms with Gasteiger partial charge in [-0.1, -0.05) is 72.4 Å². The van der Waals surface area contributed by atoms with Crippen LogP contribution in [-0.2, 0) is 0 Å². The van der Waals surface area contributed by atoms with Crippen molar-refractivity contribution < 1.29 is 0 Å². The van der Waals surface area contributed by atoms with E-state index in [0.717, 1.165) is 11.1 Å². The summed E-state index contributed by atoms with van der Waals surface area (Å²) in [4.78, 5) is 2.59. The summed E-state index contributed by atoms with van der Waals surface area (Å²) in [7, 11) is 0. The minimum Gasteiger partial charge on any atom is -0.307 e. The smallest absolute Gasteiger partial charge is 0.0991 e. The number of nitriles is 1. The van der Waals surface area contributed by atoms with Crippen LogP contribution in [0.3, 0.4) is 0 Å². The second kappa shape index (κ2) is 7.38. The molecular weight excluding hydrogens is 432 g/mol. The van der Waals surface area contributed by atoms with E-state index in [1.807, 2.05) is 36.0 Å². The van der Waals surface area contributed by atoms with Crippen molar-refractivity contribution in [3.63, 3.8) is 0 Å². The molecule has 158 valence electrons. The van der Waals surface area contributed by atoms with Crippen LogP contribution in [0.15, 0.2) is 119 Å². The van der Waals surface area contributed by atoms with Crippen LogP contribution in [0, 0.1) is 11.3 Å². The summed E-state index contributed by atoms with van der Waals surface area (Å²) in [5, 5.41) is 11.7. The second-order valence-corrected chi connectivity index (χ2v) is 9.64. The molecule has 5 aromatic carbocycles. The number of rotatable bonds is 2. The largest absolute Gasteiger partial charge is 0.307 e. The Hall–Kier alpha value is -4.26. The molecule has 0 unspecified atom stereocenters. The van der Waals surface area contributed by atoms with Gasteiger partial charge in [0.25, 0.3) is 0 Å². The predicted octanol–water partition coefficient (Wildman–Crippen LogP) is 8.45. The molecule has 2 nitrogen and oxygen atoms in total. The number of aromatic nitrogens is 1. The maximum atomic E-state index is 9.10. The molecular formula is C31H18N2S. The lowest BCUT2D eigenvalue weighted by Crippen LogP contribution is -2.00. The highest BCUT2D eigenvalue weighted by molar-refractivity contribution is 7.99. The number of hydrogen-bond donors (Lipinski definition) is 0. The highest BCUT2D eigenvalue weighted by Crippen LogP contribution is 2.47. The fourth-order valence-electron chi connectivity index (χ4n) is 5.01. The number of hydrogen-bond acceptors (Lipinski definition) is 2. The van der Waals surface area contributed by atoms with Gasteiger partial charge in [-0.2, -0.15) is 5.26 Å². The second-order valence-electron chi connectivity index (χ2n) is 8.56. The van der Waals surface area contributed by atoms with Gasteiger partial charge < -0.3 is 4.57 Å². The van der Waals surface area contributed by atoms with Crippen LogP contribution in [0.4, 0.5) is 0 Å². The normalized spacial score (nSPS) is 12.0. The van der Waals surface area contributed by atoms with Gasteiger partial charge in [0.15, 0.2) is 0 Å². The molecule has 7 rings (SSSR count). The summed E-state index contributed by atoms with van der Waals surface area (Å²) in [6.07, 6.45) is 0. The van der Waals surface area contributed by atoms with Gasteiger partial charge in [-0.05, 0) is 70.8 Å². The average Bonchev–Trinajstić information content (AvgIpc) is 3.24. The molecule has 0 bridgehead atoms. The van der Waals surface area contributed by atoms with E-state index in [-0.39, 0.29) is 0 Å². The van der Waals surface area contributed by atoms with Gasteiger partial charge in [-0.25, -0.2) is 0 Å². The lowest BCUT2D eigenvalue weighted by Gasteiger charge is -2.19. The maximum Gasteiger partial charge on any atom is 0.0991 e. The Labute approximate surface area is 201 Å². The zero-order valence-corrected chi connectivity index (χ0v) is 19.0. The first-order chi connectivity index (χ1) is 16.8. The SMILES string of the molecule is N#Cc1ccc(-c2cccc(-c3ccc4c(c3)c3cccc5c3n4-c3ccccc3S5)c2)cc1. The average molecular weight is 451 g/mol. The summed E-state index contributed by atoms with van der Waals surface area (Å²) in [5.74, 6) is 0. The van der Waals surface area contributed by atoms with E-state index < -0.39 is 0 Å². The lowest BCUT2D eigenvalue weighted by atomic mass is 9.97. The molecule has 0 amide bonds. The van der Waals surface area contributed by atoms with E-state index in [4.69, 9.17) is 5.26 Å². The van der Waals surface area contributed by atoms with Gasteiger partial charge in [0.05, 0.1) is 28.4 Å². The van der Waals surface area contributed by atoms with Crippen LogP contribution >= 0.6 is 11.8 Å². The highest BCUT2D eigenvalue weighted by atomic mass is 32.2. The molecule has 1 aliphatic rings. The topological polar surface area (TPSA) is 28.7 Å². The molecule has 0 radical (unpaired) electrons. The first kappa shape index (κ1) is 19.2. The summed E-state index contributed by atoms with van der Waals surface area (Å²) in [6.45, 7) is 0. The van der Waals surface area contributed by atoms with Crippen LogP contribution in [0.2, 0.25) is 0 Å². The third-order valence-electron chi connectivity index (χ3n) is 6.62. The van der Waals surface area contributed by atoms with E-state index in [1.54, 1.807) is 0 Å². The van der Waals surface area contributed by atoms with E-state index in [9.17, 15) is 0 Å². The van der Waals surface area contributed by atoms with Crippen LogP contribution in [0.5, 0.6) is 0 Å². The summed E-state index contributed by atoms with van der Waals surface area (Å²) in [6, 6.07) is 40.7. The summed E-state index contributed by atoms with van der Waals surface area (Å²) >= 11 is 1.85.